The fourth-order valence-electron chi connectivity index (χ4n) is 2.62. The quantitative estimate of drug-likeness (QED) is 0.287. The van der Waals surface area contributed by atoms with E-state index < -0.39 is 30.7 Å². The number of anilines is 1. The van der Waals surface area contributed by atoms with E-state index in [2.05, 4.69) is 17.0 Å². The predicted octanol–water partition coefficient (Wildman–Crippen LogP) is 2.39. The summed E-state index contributed by atoms with van der Waals surface area (Å²) in [4.78, 5) is 27.8. The van der Waals surface area contributed by atoms with Crippen LogP contribution in [0.1, 0.15) is 40.0 Å². The average Bonchev–Trinajstić information content (AvgIpc) is 2.70. The van der Waals surface area contributed by atoms with E-state index in [9.17, 15) is 14.2 Å². The molecule has 0 saturated carbocycles. The van der Waals surface area contributed by atoms with Gasteiger partial charge in [0.15, 0.2) is 0 Å². The first kappa shape index (κ1) is 24.9. The maximum Gasteiger partial charge on any atom is 0.350 e. The van der Waals surface area contributed by atoms with E-state index >= 15 is 0 Å². The van der Waals surface area contributed by atoms with Crippen molar-refractivity contribution in [1.82, 2.24) is 14.6 Å². The van der Waals surface area contributed by atoms with Crippen molar-refractivity contribution < 1.29 is 23.4 Å². The molecule has 1 aliphatic rings. The van der Waals surface area contributed by atoms with Gasteiger partial charge >= 0.3 is 11.7 Å². The highest BCUT2D eigenvalue weighted by molar-refractivity contribution is 7.98. The topological polar surface area (TPSA) is 135 Å². The lowest BCUT2D eigenvalue weighted by molar-refractivity contribution is -0.147. The van der Waals surface area contributed by atoms with Crippen molar-refractivity contribution in [3.05, 3.63) is 22.7 Å². The molecule has 2 rings (SSSR count). The molecule has 0 bridgehead atoms. The Hall–Kier alpha value is -1.39. The third-order valence-corrected chi connectivity index (χ3v) is 7.19. The van der Waals surface area contributed by atoms with Crippen LogP contribution in [0.4, 0.5) is 5.82 Å². The summed E-state index contributed by atoms with van der Waals surface area (Å²) in [6, 6.07) is 0.788. The number of esters is 1. The number of carbonyl (C=O) groups excluding carboxylic acids is 1. The average molecular weight is 463 g/mol. The van der Waals surface area contributed by atoms with Crippen LogP contribution >= 0.6 is 19.3 Å². The lowest BCUT2D eigenvalue weighted by atomic mass is 10.1. The predicted molar refractivity (Wildman–Crippen MR) is 116 cm³/mol. The number of aromatic nitrogens is 2. The molecule has 170 valence electrons. The molecule has 0 aromatic carbocycles. The third kappa shape index (κ3) is 7.70. The molecule has 1 fully saturated rings. The van der Waals surface area contributed by atoms with Crippen molar-refractivity contribution in [3.8, 4) is 0 Å². The molecule has 12 heteroatoms. The second kappa shape index (κ2) is 11.9. The van der Waals surface area contributed by atoms with Gasteiger partial charge in [-0.1, -0.05) is 33.6 Å². The molecule has 1 aromatic heterocycles. The van der Waals surface area contributed by atoms with E-state index in [0.717, 1.165) is 19.3 Å². The Morgan fingerprint density at radius 2 is 2.27 bits per heavy atom. The lowest BCUT2D eigenvalue weighted by Gasteiger charge is -2.32. The van der Waals surface area contributed by atoms with Crippen LogP contribution in [0.2, 0.25) is 0 Å². The van der Waals surface area contributed by atoms with Crippen molar-refractivity contribution in [2.24, 2.45) is 5.92 Å². The Morgan fingerprint density at radius 3 is 2.87 bits per heavy atom. The molecule has 0 radical (unpaired) electrons. The molecule has 1 unspecified atom stereocenters. The summed E-state index contributed by atoms with van der Waals surface area (Å²) in [6.07, 6.45) is 4.20. The van der Waals surface area contributed by atoms with Gasteiger partial charge in [-0.25, -0.2) is 9.88 Å². The van der Waals surface area contributed by atoms with Crippen LogP contribution < -0.4 is 16.5 Å². The number of nitrogens with zero attached hydrogens (tertiary/aromatic N) is 2. The Labute approximate surface area is 180 Å². The number of rotatable bonds is 11. The van der Waals surface area contributed by atoms with Crippen molar-refractivity contribution in [1.29, 1.82) is 0 Å². The standard InChI is InChI=1S/C18H31N4O6PS/c1-4-5-6-9-26-17(23)16(13(2)3)21-29(25)12-27-15(10-28-29)30-11-22-8-7-14(19)20-18(22)24/h7-8,13,15-16H,4-6,9-12H2,1-3H3,(H,21,25)(H2,19,20,24)/t15-,16-,29?/m0/s1. The summed E-state index contributed by atoms with van der Waals surface area (Å²) in [5, 5.41) is 2.83. The first-order valence-electron chi connectivity index (χ1n) is 9.98. The molecule has 2 heterocycles. The van der Waals surface area contributed by atoms with E-state index in [4.69, 9.17) is 19.7 Å². The van der Waals surface area contributed by atoms with Crippen LogP contribution in [-0.2, 0) is 29.2 Å². The Kier molecular flexibility index (Phi) is 9.83. The SMILES string of the molecule is CCCCCOC(=O)[C@@H](NP1(=O)CO[C@@H](SCn2ccc(N)nc2=O)CO1)C(C)C. The molecule has 3 N–H and O–H groups in total. The zero-order valence-electron chi connectivity index (χ0n) is 17.6. The molecular formula is C18H31N4O6PS. The largest absolute Gasteiger partial charge is 0.465 e. The molecule has 30 heavy (non-hydrogen) atoms. The summed E-state index contributed by atoms with van der Waals surface area (Å²) in [7, 11) is -3.36. The number of carbonyl (C=O) groups is 1. The van der Waals surface area contributed by atoms with Crippen molar-refractivity contribution in [2.75, 3.05) is 25.3 Å². The highest BCUT2D eigenvalue weighted by atomic mass is 32.2. The van der Waals surface area contributed by atoms with Gasteiger partial charge in [0.05, 0.1) is 19.1 Å². The van der Waals surface area contributed by atoms with Gasteiger partial charge in [0.25, 0.3) is 7.52 Å². The second-order valence-electron chi connectivity index (χ2n) is 7.32. The minimum atomic E-state index is -3.36. The zero-order valence-corrected chi connectivity index (χ0v) is 19.3. The van der Waals surface area contributed by atoms with E-state index in [0.29, 0.717) is 6.61 Å². The van der Waals surface area contributed by atoms with Gasteiger partial charge in [-0.3, -0.25) is 13.9 Å². The molecule has 1 aliphatic heterocycles. The molecule has 0 spiro atoms. The van der Waals surface area contributed by atoms with Gasteiger partial charge < -0.3 is 19.7 Å². The van der Waals surface area contributed by atoms with E-state index in [1.54, 1.807) is 6.20 Å². The minimum absolute atomic E-state index is 0.0580. The third-order valence-electron chi connectivity index (χ3n) is 4.39. The van der Waals surface area contributed by atoms with Crippen molar-refractivity contribution >= 4 is 31.1 Å². The van der Waals surface area contributed by atoms with Gasteiger partial charge in [0.2, 0.25) is 0 Å². The molecule has 10 nitrogen and oxygen atoms in total. The summed E-state index contributed by atoms with van der Waals surface area (Å²) in [5.74, 6) is -0.118. The number of nitrogens with one attached hydrogen (secondary N) is 1. The lowest BCUT2D eigenvalue weighted by Crippen LogP contribution is -2.43. The number of hydrogen-bond donors (Lipinski definition) is 2. The van der Waals surface area contributed by atoms with Crippen molar-refractivity contribution in [3.63, 3.8) is 0 Å². The van der Waals surface area contributed by atoms with E-state index in [1.807, 2.05) is 13.8 Å². The summed E-state index contributed by atoms with van der Waals surface area (Å²) < 4.78 is 30.9. The number of nitrogens with two attached hydrogens (primary N) is 1. The molecule has 0 amide bonds. The van der Waals surface area contributed by atoms with E-state index in [-0.39, 0.29) is 30.6 Å². The fourth-order valence-corrected chi connectivity index (χ4v) is 5.48. The second-order valence-corrected chi connectivity index (χ2v) is 10.6. The number of nitrogen functional groups attached to an aromatic ring is 1. The molecule has 1 aromatic rings. The normalized spacial score (nSPS) is 22.7. The fraction of sp³-hybridized carbons (Fsp3) is 0.722. The van der Waals surface area contributed by atoms with Gasteiger partial charge in [0.1, 0.15) is 23.6 Å². The minimum Gasteiger partial charge on any atom is -0.465 e. The summed E-state index contributed by atoms with van der Waals surface area (Å²) in [6.45, 7) is 6.17. The van der Waals surface area contributed by atoms with Crippen LogP contribution in [0.3, 0.4) is 0 Å². The van der Waals surface area contributed by atoms with Crippen LogP contribution in [0, 0.1) is 5.92 Å². The number of ether oxygens (including phenoxy) is 2. The van der Waals surface area contributed by atoms with E-state index in [1.165, 1.54) is 22.4 Å². The van der Waals surface area contributed by atoms with Crippen LogP contribution in [0.5, 0.6) is 0 Å². The van der Waals surface area contributed by atoms with Gasteiger partial charge in [0, 0.05) is 6.20 Å². The van der Waals surface area contributed by atoms with Crippen molar-refractivity contribution in [2.45, 2.75) is 57.4 Å². The maximum atomic E-state index is 13.0. The molecule has 1 saturated heterocycles. The zero-order chi connectivity index (χ0) is 22.1. The van der Waals surface area contributed by atoms with Gasteiger partial charge in [-0.05, 0) is 18.4 Å². The summed E-state index contributed by atoms with van der Waals surface area (Å²) in [5.41, 5.74) is 4.61. The molecule has 3 atom stereocenters. The first-order valence-corrected chi connectivity index (χ1v) is 12.8. The molecule has 0 aliphatic carbocycles. The Morgan fingerprint density at radius 1 is 1.50 bits per heavy atom. The summed E-state index contributed by atoms with van der Waals surface area (Å²) >= 11 is 1.31. The smallest absolute Gasteiger partial charge is 0.350 e. The van der Waals surface area contributed by atoms with Crippen LogP contribution in [0.15, 0.2) is 17.1 Å². The van der Waals surface area contributed by atoms with Gasteiger partial charge in [-0.2, -0.15) is 4.98 Å². The maximum absolute atomic E-state index is 13.0. The van der Waals surface area contributed by atoms with Crippen LogP contribution in [0.25, 0.3) is 0 Å². The van der Waals surface area contributed by atoms with Crippen LogP contribution in [-0.4, -0.2) is 46.6 Å². The highest BCUT2D eigenvalue weighted by Gasteiger charge is 2.37. The Bertz CT molecular complexity index is 793. The molecular weight excluding hydrogens is 431 g/mol. The first-order chi connectivity index (χ1) is 14.2. The van der Waals surface area contributed by atoms with Gasteiger partial charge in [-0.15, -0.1) is 11.8 Å². The highest BCUT2D eigenvalue weighted by Crippen LogP contribution is 2.48. The number of thioether (sulfide) groups is 1. The monoisotopic (exact) mass is 462 g/mol. The Balaban J connectivity index is 1.84. The number of hydrogen-bond acceptors (Lipinski definition) is 9. The number of unbranched alkanes of at least 4 members (excludes halogenated alkanes) is 2.